The highest BCUT2D eigenvalue weighted by molar-refractivity contribution is 7.86. The zero-order valence-electron chi connectivity index (χ0n) is 22.0. The number of allylic oxidation sites excluding steroid dienone is 2. The molecule has 1 aliphatic heterocycles. The van der Waals surface area contributed by atoms with Crippen LogP contribution in [0.2, 0.25) is 0 Å². The second kappa shape index (κ2) is 12.7. The Morgan fingerprint density at radius 3 is 2.36 bits per heavy atom. The van der Waals surface area contributed by atoms with Gasteiger partial charge in [-0.15, -0.1) is 0 Å². The van der Waals surface area contributed by atoms with Crippen molar-refractivity contribution in [3.05, 3.63) is 98.4 Å². The number of carbonyl (C=O) groups is 2. The number of methoxy groups -OCH3 is 1. The fourth-order valence-electron chi connectivity index (χ4n) is 4.50. The average molecular weight is 559 g/mol. The minimum Gasteiger partial charge on any atom is -0.466 e. The molecule has 1 N–H and O–H groups in total. The van der Waals surface area contributed by atoms with Crippen molar-refractivity contribution >= 4 is 27.7 Å². The normalized spacial score (nSPS) is 16.4. The number of esters is 2. The van der Waals surface area contributed by atoms with Gasteiger partial charge in [0.25, 0.3) is 15.8 Å². The molecule has 39 heavy (non-hydrogen) atoms. The van der Waals surface area contributed by atoms with Crippen molar-refractivity contribution in [2.45, 2.75) is 38.7 Å². The third kappa shape index (κ3) is 7.30. The topological polar surface area (TPSA) is 151 Å². The standard InChI is InChI=1S/C27H30N2O9S/c1-5-37-27(31)25-21(14-15-22(38-39(4,34)35)18-10-7-6-8-11-18)28-17(2)23(26(30)36-3)24(25)19-12-9-13-20(16-19)29(32)33/h6-13,16,22,24,28H,5,14-15H2,1-4H3. The predicted octanol–water partition coefficient (Wildman–Crippen LogP) is 4.04. The van der Waals surface area contributed by atoms with Crippen LogP contribution in [0, 0.1) is 10.1 Å². The smallest absolute Gasteiger partial charge is 0.336 e. The van der Waals surface area contributed by atoms with Crippen LogP contribution in [0.25, 0.3) is 0 Å². The van der Waals surface area contributed by atoms with Crippen molar-refractivity contribution in [2.24, 2.45) is 0 Å². The third-order valence-corrected chi connectivity index (χ3v) is 6.66. The maximum Gasteiger partial charge on any atom is 0.336 e. The summed E-state index contributed by atoms with van der Waals surface area (Å²) in [5.74, 6) is -2.50. The first-order valence-electron chi connectivity index (χ1n) is 12.1. The summed E-state index contributed by atoms with van der Waals surface area (Å²) in [5, 5.41) is 14.6. The molecule has 0 spiro atoms. The van der Waals surface area contributed by atoms with Gasteiger partial charge in [0.15, 0.2) is 0 Å². The molecule has 2 atom stereocenters. The summed E-state index contributed by atoms with van der Waals surface area (Å²) >= 11 is 0. The number of ether oxygens (including phenoxy) is 2. The highest BCUT2D eigenvalue weighted by Crippen LogP contribution is 2.41. The van der Waals surface area contributed by atoms with Gasteiger partial charge in [-0.3, -0.25) is 14.3 Å². The Bertz CT molecular complexity index is 1420. The Kier molecular flexibility index (Phi) is 9.60. The number of non-ortho nitro benzene ring substituents is 1. The Balaban J connectivity index is 2.16. The molecule has 2 aromatic rings. The van der Waals surface area contributed by atoms with Gasteiger partial charge in [0.05, 0.1) is 42.0 Å². The first-order valence-corrected chi connectivity index (χ1v) is 13.9. The summed E-state index contributed by atoms with van der Waals surface area (Å²) in [6, 6.07) is 14.4. The Hall–Kier alpha value is -4.03. The lowest BCUT2D eigenvalue weighted by atomic mass is 9.79. The van der Waals surface area contributed by atoms with Crippen LogP contribution in [-0.2, 0) is 33.4 Å². The summed E-state index contributed by atoms with van der Waals surface area (Å²) < 4.78 is 39.7. The van der Waals surface area contributed by atoms with E-state index in [1.165, 1.54) is 25.3 Å². The van der Waals surface area contributed by atoms with Crippen molar-refractivity contribution in [1.29, 1.82) is 0 Å². The van der Waals surface area contributed by atoms with Gasteiger partial charge in [0.1, 0.15) is 6.10 Å². The van der Waals surface area contributed by atoms with Gasteiger partial charge in [0.2, 0.25) is 0 Å². The van der Waals surface area contributed by atoms with Crippen molar-refractivity contribution in [3.8, 4) is 0 Å². The number of hydrogen-bond donors (Lipinski definition) is 1. The highest BCUT2D eigenvalue weighted by atomic mass is 32.2. The van der Waals surface area contributed by atoms with Crippen LogP contribution in [0.1, 0.15) is 49.8 Å². The fraction of sp³-hybridized carbons (Fsp3) is 0.333. The second-order valence-corrected chi connectivity index (χ2v) is 10.4. The van der Waals surface area contributed by atoms with Gasteiger partial charge in [-0.1, -0.05) is 42.5 Å². The minimum absolute atomic E-state index is 0.0390. The summed E-state index contributed by atoms with van der Waals surface area (Å²) in [6.07, 6.45) is 0.367. The number of hydrogen-bond acceptors (Lipinski definition) is 10. The molecule has 0 aliphatic carbocycles. The first-order chi connectivity index (χ1) is 18.5. The molecule has 0 saturated heterocycles. The number of benzene rings is 2. The number of rotatable bonds is 11. The first kappa shape index (κ1) is 29.5. The molecule has 1 aliphatic rings. The number of dihydropyridines is 1. The third-order valence-electron chi connectivity index (χ3n) is 6.08. The minimum atomic E-state index is -3.83. The lowest BCUT2D eigenvalue weighted by Gasteiger charge is -2.32. The van der Waals surface area contributed by atoms with Crippen molar-refractivity contribution in [1.82, 2.24) is 5.32 Å². The van der Waals surface area contributed by atoms with E-state index < -0.39 is 39.0 Å². The molecule has 0 bridgehead atoms. The van der Waals surface area contributed by atoms with Crippen LogP contribution < -0.4 is 5.32 Å². The van der Waals surface area contributed by atoms with E-state index in [0.29, 0.717) is 22.5 Å². The number of nitro groups is 1. The zero-order valence-corrected chi connectivity index (χ0v) is 22.8. The number of nitrogens with zero attached hydrogens (tertiary/aromatic N) is 1. The molecule has 1 heterocycles. The lowest BCUT2D eigenvalue weighted by Crippen LogP contribution is -2.33. The van der Waals surface area contributed by atoms with Crippen LogP contribution in [0.5, 0.6) is 0 Å². The van der Waals surface area contributed by atoms with Crippen LogP contribution in [0.4, 0.5) is 5.69 Å². The summed E-state index contributed by atoms with van der Waals surface area (Å²) in [6.45, 7) is 3.29. The van der Waals surface area contributed by atoms with Gasteiger partial charge in [-0.2, -0.15) is 8.42 Å². The van der Waals surface area contributed by atoms with E-state index in [2.05, 4.69) is 5.32 Å². The molecule has 0 aromatic heterocycles. The summed E-state index contributed by atoms with van der Waals surface area (Å²) in [4.78, 5) is 37.2. The molecule has 0 radical (unpaired) electrons. The van der Waals surface area contributed by atoms with Crippen molar-refractivity contribution in [2.75, 3.05) is 20.0 Å². The molecular weight excluding hydrogens is 528 g/mol. The Morgan fingerprint density at radius 2 is 1.77 bits per heavy atom. The van der Waals surface area contributed by atoms with Crippen molar-refractivity contribution in [3.63, 3.8) is 0 Å². The molecule has 208 valence electrons. The highest BCUT2D eigenvalue weighted by Gasteiger charge is 2.39. The fourth-order valence-corrected chi connectivity index (χ4v) is 5.13. The molecule has 2 unspecified atom stereocenters. The predicted molar refractivity (Wildman–Crippen MR) is 142 cm³/mol. The average Bonchev–Trinajstić information content (AvgIpc) is 2.90. The molecule has 11 nitrogen and oxygen atoms in total. The Morgan fingerprint density at radius 1 is 1.08 bits per heavy atom. The van der Waals surface area contributed by atoms with E-state index in [0.717, 1.165) is 6.26 Å². The van der Waals surface area contributed by atoms with E-state index in [4.69, 9.17) is 13.7 Å². The Labute approximate surface area is 226 Å². The SMILES string of the molecule is CCOC(=O)C1=C(CCC(OS(C)(=O)=O)c2ccccc2)NC(C)=C(C(=O)OC)C1c1cccc([N+](=O)[O-])c1. The van der Waals surface area contributed by atoms with E-state index in [9.17, 15) is 28.1 Å². The van der Waals surface area contributed by atoms with E-state index in [-0.39, 0.29) is 36.3 Å². The van der Waals surface area contributed by atoms with Crippen molar-refractivity contribution < 1.29 is 36.6 Å². The lowest BCUT2D eigenvalue weighted by molar-refractivity contribution is -0.384. The molecule has 0 fully saturated rings. The monoisotopic (exact) mass is 558 g/mol. The quantitative estimate of drug-likeness (QED) is 0.185. The number of carbonyl (C=O) groups excluding carboxylic acids is 2. The number of nitro benzene ring substituents is 1. The number of nitrogens with one attached hydrogen (secondary N) is 1. The van der Waals surface area contributed by atoms with Gasteiger partial charge >= 0.3 is 11.9 Å². The summed E-state index contributed by atoms with van der Waals surface area (Å²) in [5.41, 5.74) is 1.62. The van der Waals surface area contributed by atoms with Crippen LogP contribution in [0.15, 0.2) is 77.1 Å². The molecule has 0 amide bonds. The molecular formula is C27H30N2O9S. The van der Waals surface area contributed by atoms with Crippen LogP contribution in [0.3, 0.4) is 0 Å². The second-order valence-electron chi connectivity index (χ2n) is 8.79. The molecule has 3 rings (SSSR count). The van der Waals surface area contributed by atoms with Crippen LogP contribution in [-0.4, -0.2) is 45.3 Å². The van der Waals surface area contributed by atoms with Gasteiger partial charge in [0, 0.05) is 23.5 Å². The van der Waals surface area contributed by atoms with E-state index >= 15 is 0 Å². The molecule has 12 heteroatoms. The van der Waals surface area contributed by atoms with Gasteiger partial charge in [-0.05, 0) is 37.8 Å². The maximum atomic E-state index is 13.4. The van der Waals surface area contributed by atoms with E-state index in [1.54, 1.807) is 50.2 Å². The van der Waals surface area contributed by atoms with Crippen LogP contribution >= 0.6 is 0 Å². The summed E-state index contributed by atoms with van der Waals surface area (Å²) in [7, 11) is -2.63. The largest absolute Gasteiger partial charge is 0.466 e. The van der Waals surface area contributed by atoms with Gasteiger partial charge < -0.3 is 14.8 Å². The maximum absolute atomic E-state index is 13.4. The molecule has 0 saturated carbocycles. The van der Waals surface area contributed by atoms with Gasteiger partial charge in [-0.25, -0.2) is 9.59 Å². The zero-order chi connectivity index (χ0) is 28.7. The molecule has 2 aromatic carbocycles. The van der Waals surface area contributed by atoms with E-state index in [1.807, 2.05) is 0 Å².